The summed E-state index contributed by atoms with van der Waals surface area (Å²) in [4.78, 5) is 23.3. The summed E-state index contributed by atoms with van der Waals surface area (Å²) in [6, 6.07) is 11.7. The number of carbonyl (C=O) groups is 1. The second kappa shape index (κ2) is 5.17. The van der Waals surface area contributed by atoms with Crippen LogP contribution in [0.3, 0.4) is 0 Å². The number of rotatable bonds is 2. The number of Topliss-reactive ketones (excluding diaryl/α,β-unsaturated/α-hetero) is 1. The highest BCUT2D eigenvalue weighted by Crippen LogP contribution is 2.46. The minimum absolute atomic E-state index is 0.0565. The Bertz CT molecular complexity index is 782. The van der Waals surface area contributed by atoms with Crippen LogP contribution in [0.15, 0.2) is 48.5 Å². The first kappa shape index (κ1) is 14.6. The van der Waals surface area contributed by atoms with E-state index < -0.39 is 27.1 Å². The number of nitro groups is 1. The Morgan fingerprint density at radius 1 is 1.18 bits per heavy atom. The van der Waals surface area contributed by atoms with Gasteiger partial charge in [-0.25, -0.2) is 4.39 Å². The minimum atomic E-state index is -2.27. The molecule has 0 saturated heterocycles. The Balaban J connectivity index is 2.23. The summed E-state index contributed by atoms with van der Waals surface area (Å²) in [6.07, 6.45) is -1.41. The van der Waals surface area contributed by atoms with Crippen LogP contribution in [0.25, 0.3) is 0 Å². The van der Waals surface area contributed by atoms with Crippen molar-refractivity contribution in [2.45, 2.75) is 10.6 Å². The number of ether oxygens (including phenoxy) is 1. The molecule has 0 bridgehead atoms. The Morgan fingerprint density at radius 3 is 2.50 bits per heavy atom. The molecule has 0 amide bonds. The average molecular weight is 366 g/mol. The largest absolute Gasteiger partial charge is 0.476 e. The van der Waals surface area contributed by atoms with E-state index in [4.69, 9.17) is 4.74 Å². The van der Waals surface area contributed by atoms with E-state index in [9.17, 15) is 19.3 Å². The van der Waals surface area contributed by atoms with Gasteiger partial charge in [0.2, 0.25) is 6.10 Å². The number of carbonyl (C=O) groups excluding carboxylic acids is 1. The third kappa shape index (κ3) is 2.00. The molecule has 1 heterocycles. The molecule has 22 heavy (non-hydrogen) atoms. The van der Waals surface area contributed by atoms with Crippen LogP contribution in [0.1, 0.15) is 22.0 Å². The van der Waals surface area contributed by atoms with Gasteiger partial charge in [0.05, 0.1) is 10.5 Å². The molecule has 1 aliphatic rings. The third-order valence-electron chi connectivity index (χ3n) is 3.50. The molecule has 112 valence electrons. The molecule has 0 radical (unpaired) electrons. The molecule has 0 N–H and O–H groups in total. The molecule has 0 saturated carbocycles. The van der Waals surface area contributed by atoms with E-state index in [2.05, 4.69) is 15.9 Å². The van der Waals surface area contributed by atoms with Gasteiger partial charge in [-0.3, -0.25) is 14.9 Å². The van der Waals surface area contributed by atoms with Gasteiger partial charge in [0.25, 0.3) is 5.78 Å². The van der Waals surface area contributed by atoms with Gasteiger partial charge in [-0.1, -0.05) is 30.3 Å². The highest BCUT2D eigenvalue weighted by atomic mass is 79.9. The maximum atomic E-state index is 14.0. The van der Waals surface area contributed by atoms with E-state index in [0.29, 0.717) is 0 Å². The van der Waals surface area contributed by atoms with Crippen LogP contribution in [-0.4, -0.2) is 15.2 Å². The van der Waals surface area contributed by atoms with Crippen LogP contribution < -0.4 is 4.74 Å². The molecule has 1 aliphatic heterocycles. The SMILES string of the molecule is O=C1c2ccccc2O[C@H](c2ccccc2F)[C@@]1(Br)[N+](=O)[O-]. The maximum absolute atomic E-state index is 14.0. The van der Waals surface area contributed by atoms with Gasteiger partial charge in [-0.2, -0.15) is 0 Å². The second-order valence-corrected chi connectivity index (χ2v) is 5.98. The minimum Gasteiger partial charge on any atom is -0.476 e. The van der Waals surface area contributed by atoms with Crippen molar-refractivity contribution in [3.05, 3.63) is 75.6 Å². The first-order chi connectivity index (χ1) is 10.5. The van der Waals surface area contributed by atoms with Crippen LogP contribution >= 0.6 is 15.9 Å². The lowest BCUT2D eigenvalue weighted by Crippen LogP contribution is -2.51. The summed E-state index contributed by atoms with van der Waals surface area (Å²) in [5.74, 6) is -1.25. The normalized spacial score (nSPS) is 23.5. The lowest BCUT2D eigenvalue weighted by atomic mass is 9.91. The van der Waals surface area contributed by atoms with Gasteiger partial charge in [-0.05, 0) is 18.2 Å². The van der Waals surface area contributed by atoms with Crippen LogP contribution in [0.4, 0.5) is 4.39 Å². The highest BCUT2D eigenvalue weighted by Gasteiger charge is 2.61. The Morgan fingerprint density at radius 2 is 1.82 bits per heavy atom. The molecule has 0 aliphatic carbocycles. The summed E-state index contributed by atoms with van der Waals surface area (Å²) >= 11 is 2.89. The molecule has 2 aromatic rings. The van der Waals surface area contributed by atoms with Crippen molar-refractivity contribution in [3.8, 4) is 5.75 Å². The fraction of sp³-hybridized carbons (Fsp3) is 0.133. The zero-order valence-corrected chi connectivity index (χ0v) is 12.6. The van der Waals surface area contributed by atoms with Gasteiger partial charge < -0.3 is 4.74 Å². The predicted octanol–water partition coefficient (Wildman–Crippen LogP) is 3.51. The zero-order chi connectivity index (χ0) is 15.9. The predicted molar refractivity (Wildman–Crippen MR) is 79.2 cm³/mol. The molecule has 7 heteroatoms. The summed E-state index contributed by atoms with van der Waals surface area (Å²) in [5, 5.41) is 11.5. The van der Waals surface area contributed by atoms with Crippen molar-refractivity contribution in [2.75, 3.05) is 0 Å². The fourth-order valence-corrected chi connectivity index (χ4v) is 2.96. The molecule has 0 fully saturated rings. The fourth-order valence-electron chi connectivity index (χ4n) is 2.41. The number of halogens is 2. The first-order valence-corrected chi connectivity index (χ1v) is 7.14. The number of ketones is 1. The second-order valence-electron chi connectivity index (χ2n) is 4.78. The molecule has 5 nitrogen and oxygen atoms in total. The van der Waals surface area contributed by atoms with E-state index in [1.807, 2.05) is 0 Å². The van der Waals surface area contributed by atoms with E-state index >= 15 is 0 Å². The van der Waals surface area contributed by atoms with E-state index in [1.54, 1.807) is 12.1 Å². The number of para-hydroxylation sites is 1. The first-order valence-electron chi connectivity index (χ1n) is 6.34. The highest BCUT2D eigenvalue weighted by molar-refractivity contribution is 9.10. The lowest BCUT2D eigenvalue weighted by Gasteiger charge is -2.33. The molecule has 3 rings (SSSR count). The maximum Gasteiger partial charge on any atom is 0.376 e. The van der Waals surface area contributed by atoms with Crippen molar-refractivity contribution in [1.82, 2.24) is 0 Å². The monoisotopic (exact) mass is 365 g/mol. The number of alkyl halides is 1. The summed E-state index contributed by atoms with van der Waals surface area (Å²) < 4.78 is 17.4. The number of hydrogen-bond acceptors (Lipinski definition) is 4. The molecular weight excluding hydrogens is 357 g/mol. The van der Waals surface area contributed by atoms with Gasteiger partial charge in [0.15, 0.2) is 0 Å². The molecule has 2 aromatic carbocycles. The summed E-state index contributed by atoms with van der Waals surface area (Å²) in [7, 11) is 0. The number of hydrogen-bond donors (Lipinski definition) is 0. The lowest BCUT2D eigenvalue weighted by molar-refractivity contribution is -0.529. The van der Waals surface area contributed by atoms with Crippen LogP contribution in [0.2, 0.25) is 0 Å². The Kier molecular flexibility index (Phi) is 3.44. The molecule has 0 spiro atoms. The number of nitrogens with zero attached hydrogens (tertiary/aromatic N) is 1. The van der Waals surface area contributed by atoms with Crippen molar-refractivity contribution < 1.29 is 18.8 Å². The molecule has 0 aromatic heterocycles. The van der Waals surface area contributed by atoms with Crippen molar-refractivity contribution in [3.63, 3.8) is 0 Å². The third-order valence-corrected chi connectivity index (χ3v) is 4.56. The van der Waals surface area contributed by atoms with Gasteiger partial charge in [0.1, 0.15) is 11.6 Å². The van der Waals surface area contributed by atoms with Crippen LogP contribution in [0.5, 0.6) is 5.75 Å². The van der Waals surface area contributed by atoms with Crippen molar-refractivity contribution in [1.29, 1.82) is 0 Å². The molecular formula is C15H9BrFNO4. The Hall–Kier alpha value is -2.28. The van der Waals surface area contributed by atoms with Gasteiger partial charge in [-0.15, -0.1) is 0 Å². The van der Waals surface area contributed by atoms with Crippen molar-refractivity contribution >= 4 is 21.7 Å². The standard InChI is InChI=1S/C15H9BrFNO4/c16-15(18(20)21)13(19)10-6-2-4-8-12(10)22-14(15)9-5-1-3-7-11(9)17/h1-8,14H/t14-,15+/m1/s1. The van der Waals surface area contributed by atoms with Crippen molar-refractivity contribution in [2.24, 2.45) is 0 Å². The zero-order valence-electron chi connectivity index (χ0n) is 11.0. The van der Waals surface area contributed by atoms with Gasteiger partial charge >= 0.3 is 4.45 Å². The summed E-state index contributed by atoms with van der Waals surface area (Å²) in [6.45, 7) is 0. The molecule has 2 atom stereocenters. The van der Waals surface area contributed by atoms with E-state index in [0.717, 1.165) is 6.07 Å². The van der Waals surface area contributed by atoms with E-state index in [-0.39, 0.29) is 16.9 Å². The van der Waals surface area contributed by atoms with Crippen LogP contribution in [-0.2, 0) is 0 Å². The number of benzene rings is 2. The van der Waals surface area contributed by atoms with Crippen LogP contribution in [0, 0.1) is 15.9 Å². The average Bonchev–Trinajstić information content (AvgIpc) is 2.51. The Labute approximate surface area is 133 Å². The molecule has 0 unspecified atom stereocenters. The number of fused-ring (bicyclic) bond motifs is 1. The smallest absolute Gasteiger partial charge is 0.376 e. The quantitative estimate of drug-likeness (QED) is 0.353. The summed E-state index contributed by atoms with van der Waals surface area (Å²) in [5.41, 5.74) is 0.0302. The van der Waals surface area contributed by atoms with E-state index in [1.165, 1.54) is 30.3 Å². The topological polar surface area (TPSA) is 69.4 Å². The van der Waals surface area contributed by atoms with Gasteiger partial charge in [0, 0.05) is 21.5 Å².